The van der Waals surface area contributed by atoms with Crippen LogP contribution < -0.4 is 15.4 Å². The van der Waals surface area contributed by atoms with E-state index < -0.39 is 0 Å². The maximum absolute atomic E-state index is 12.2. The van der Waals surface area contributed by atoms with Crippen LogP contribution in [-0.4, -0.2) is 24.5 Å². The van der Waals surface area contributed by atoms with E-state index in [1.807, 2.05) is 0 Å². The number of benzene rings is 1. The Balaban J connectivity index is 1.76. The number of carbonyl (C=O) groups excluding carboxylic acids is 2. The summed E-state index contributed by atoms with van der Waals surface area (Å²) in [5, 5.41) is 5.80. The number of fused-ring (bicyclic) bond motifs is 1. The molecule has 1 aromatic rings. The van der Waals surface area contributed by atoms with Gasteiger partial charge in [-0.25, -0.2) is 0 Å². The highest BCUT2D eigenvalue weighted by Crippen LogP contribution is 2.28. The van der Waals surface area contributed by atoms with Gasteiger partial charge in [-0.15, -0.1) is 0 Å². The molecule has 1 aromatic carbocycles. The Labute approximate surface area is 117 Å². The normalized spacial score (nSPS) is 18.7. The van der Waals surface area contributed by atoms with Crippen LogP contribution in [0.5, 0.6) is 5.75 Å². The maximum Gasteiger partial charge on any atom is 0.251 e. The Kier molecular flexibility index (Phi) is 3.58. The SMILES string of the molecule is O=C1CCOc2ccc(C(=O)NC3CCCC3)cc2N1. The zero-order valence-corrected chi connectivity index (χ0v) is 11.3. The summed E-state index contributed by atoms with van der Waals surface area (Å²) in [7, 11) is 0. The van der Waals surface area contributed by atoms with E-state index in [9.17, 15) is 9.59 Å². The van der Waals surface area contributed by atoms with E-state index in [1.54, 1.807) is 18.2 Å². The number of ether oxygens (including phenoxy) is 1. The van der Waals surface area contributed by atoms with Crippen molar-refractivity contribution in [3.63, 3.8) is 0 Å². The number of anilines is 1. The Bertz CT molecular complexity index is 536. The molecule has 1 aliphatic carbocycles. The van der Waals surface area contributed by atoms with Gasteiger partial charge in [-0.1, -0.05) is 12.8 Å². The first-order valence-electron chi connectivity index (χ1n) is 7.10. The molecular weight excluding hydrogens is 256 g/mol. The first-order valence-corrected chi connectivity index (χ1v) is 7.10. The molecule has 0 radical (unpaired) electrons. The molecule has 0 saturated heterocycles. The van der Waals surface area contributed by atoms with E-state index in [-0.39, 0.29) is 17.9 Å². The summed E-state index contributed by atoms with van der Waals surface area (Å²) in [6.45, 7) is 0.368. The van der Waals surface area contributed by atoms with Crippen molar-refractivity contribution in [3.8, 4) is 5.75 Å². The van der Waals surface area contributed by atoms with Gasteiger partial charge in [-0.05, 0) is 31.0 Å². The molecule has 0 atom stereocenters. The quantitative estimate of drug-likeness (QED) is 0.867. The summed E-state index contributed by atoms with van der Waals surface area (Å²) in [4.78, 5) is 23.7. The van der Waals surface area contributed by atoms with Crippen LogP contribution in [0.2, 0.25) is 0 Å². The summed E-state index contributed by atoms with van der Waals surface area (Å²) >= 11 is 0. The lowest BCUT2D eigenvalue weighted by Crippen LogP contribution is -2.32. The highest BCUT2D eigenvalue weighted by Gasteiger charge is 2.20. The van der Waals surface area contributed by atoms with Crippen molar-refractivity contribution < 1.29 is 14.3 Å². The van der Waals surface area contributed by atoms with Gasteiger partial charge < -0.3 is 15.4 Å². The van der Waals surface area contributed by atoms with Crippen LogP contribution >= 0.6 is 0 Å². The minimum Gasteiger partial charge on any atom is -0.491 e. The lowest BCUT2D eigenvalue weighted by Gasteiger charge is -2.13. The number of carbonyl (C=O) groups is 2. The lowest BCUT2D eigenvalue weighted by molar-refractivity contribution is -0.116. The van der Waals surface area contributed by atoms with Gasteiger partial charge in [0.25, 0.3) is 5.91 Å². The monoisotopic (exact) mass is 274 g/mol. The van der Waals surface area contributed by atoms with Crippen LogP contribution in [0.25, 0.3) is 0 Å². The van der Waals surface area contributed by atoms with Gasteiger partial charge in [-0.3, -0.25) is 9.59 Å². The second kappa shape index (κ2) is 5.53. The van der Waals surface area contributed by atoms with Crippen molar-refractivity contribution >= 4 is 17.5 Å². The smallest absolute Gasteiger partial charge is 0.251 e. The summed E-state index contributed by atoms with van der Waals surface area (Å²) in [6, 6.07) is 5.45. The van der Waals surface area contributed by atoms with E-state index in [0.717, 1.165) is 12.8 Å². The first kappa shape index (κ1) is 13.0. The Hall–Kier alpha value is -2.04. The molecule has 0 aromatic heterocycles. The first-order chi connectivity index (χ1) is 9.72. The van der Waals surface area contributed by atoms with E-state index in [1.165, 1.54) is 12.8 Å². The van der Waals surface area contributed by atoms with E-state index in [0.29, 0.717) is 30.0 Å². The van der Waals surface area contributed by atoms with Gasteiger partial charge in [0, 0.05) is 11.6 Å². The molecule has 2 amide bonds. The van der Waals surface area contributed by atoms with Crippen molar-refractivity contribution in [3.05, 3.63) is 23.8 Å². The third kappa shape index (κ3) is 2.76. The fourth-order valence-electron chi connectivity index (χ4n) is 2.70. The molecule has 0 spiro atoms. The molecule has 1 heterocycles. The number of nitrogens with one attached hydrogen (secondary N) is 2. The van der Waals surface area contributed by atoms with Gasteiger partial charge in [0.1, 0.15) is 5.75 Å². The Morgan fingerprint density at radius 1 is 1.30 bits per heavy atom. The standard InChI is InChI=1S/C15H18N2O3/c18-14-7-8-20-13-6-5-10(9-12(13)17-14)15(19)16-11-3-1-2-4-11/h5-6,9,11H,1-4,7-8H2,(H,16,19)(H,17,18). The second-order valence-corrected chi connectivity index (χ2v) is 5.31. The van der Waals surface area contributed by atoms with Crippen molar-refractivity contribution in [1.29, 1.82) is 0 Å². The van der Waals surface area contributed by atoms with Crippen LogP contribution in [0.4, 0.5) is 5.69 Å². The van der Waals surface area contributed by atoms with Crippen molar-refractivity contribution in [2.24, 2.45) is 0 Å². The Morgan fingerprint density at radius 2 is 2.10 bits per heavy atom. The molecule has 1 aliphatic heterocycles. The molecule has 0 bridgehead atoms. The fraction of sp³-hybridized carbons (Fsp3) is 0.467. The second-order valence-electron chi connectivity index (χ2n) is 5.31. The van der Waals surface area contributed by atoms with E-state index in [4.69, 9.17) is 4.74 Å². The van der Waals surface area contributed by atoms with Gasteiger partial charge in [0.05, 0.1) is 18.7 Å². The molecule has 20 heavy (non-hydrogen) atoms. The number of rotatable bonds is 2. The molecular formula is C15H18N2O3. The minimum absolute atomic E-state index is 0.0850. The van der Waals surface area contributed by atoms with Gasteiger partial charge in [-0.2, -0.15) is 0 Å². The van der Waals surface area contributed by atoms with Crippen molar-refractivity contribution in [1.82, 2.24) is 5.32 Å². The van der Waals surface area contributed by atoms with E-state index >= 15 is 0 Å². The van der Waals surface area contributed by atoms with Crippen LogP contribution in [-0.2, 0) is 4.79 Å². The summed E-state index contributed by atoms with van der Waals surface area (Å²) < 4.78 is 5.47. The molecule has 2 aliphatic rings. The topological polar surface area (TPSA) is 67.4 Å². The number of hydrogen-bond acceptors (Lipinski definition) is 3. The number of hydrogen-bond donors (Lipinski definition) is 2. The maximum atomic E-state index is 12.2. The van der Waals surface area contributed by atoms with Gasteiger partial charge in [0.2, 0.25) is 5.91 Å². The minimum atomic E-state index is -0.0860. The summed E-state index contributed by atoms with van der Waals surface area (Å²) in [5.41, 5.74) is 1.13. The van der Waals surface area contributed by atoms with Crippen LogP contribution in [0.3, 0.4) is 0 Å². The van der Waals surface area contributed by atoms with Crippen molar-refractivity contribution in [2.75, 3.05) is 11.9 Å². The highest BCUT2D eigenvalue weighted by atomic mass is 16.5. The van der Waals surface area contributed by atoms with E-state index in [2.05, 4.69) is 10.6 Å². The molecule has 1 saturated carbocycles. The lowest BCUT2D eigenvalue weighted by atomic mass is 10.1. The zero-order chi connectivity index (χ0) is 13.9. The molecule has 1 fully saturated rings. The molecule has 5 heteroatoms. The van der Waals surface area contributed by atoms with Gasteiger partial charge >= 0.3 is 0 Å². The predicted octanol–water partition coefficient (Wildman–Crippen LogP) is 2.08. The van der Waals surface area contributed by atoms with Gasteiger partial charge in [0.15, 0.2) is 0 Å². The molecule has 2 N–H and O–H groups in total. The highest BCUT2D eigenvalue weighted by molar-refractivity contribution is 5.98. The molecule has 0 unspecified atom stereocenters. The van der Waals surface area contributed by atoms with Crippen LogP contribution in [0.15, 0.2) is 18.2 Å². The van der Waals surface area contributed by atoms with Crippen LogP contribution in [0.1, 0.15) is 42.5 Å². The fourth-order valence-corrected chi connectivity index (χ4v) is 2.70. The average Bonchev–Trinajstić information content (AvgIpc) is 2.85. The number of amides is 2. The zero-order valence-electron chi connectivity index (χ0n) is 11.3. The summed E-state index contributed by atoms with van der Waals surface area (Å²) in [6.07, 6.45) is 4.80. The molecule has 5 nitrogen and oxygen atoms in total. The van der Waals surface area contributed by atoms with Crippen LogP contribution in [0, 0.1) is 0 Å². The molecule has 106 valence electrons. The third-order valence-corrected chi connectivity index (χ3v) is 3.79. The third-order valence-electron chi connectivity index (χ3n) is 3.79. The average molecular weight is 274 g/mol. The Morgan fingerprint density at radius 3 is 2.90 bits per heavy atom. The largest absolute Gasteiger partial charge is 0.491 e. The summed E-state index contributed by atoms with van der Waals surface area (Å²) in [5.74, 6) is 0.448. The van der Waals surface area contributed by atoms with Crippen molar-refractivity contribution in [2.45, 2.75) is 38.1 Å². The predicted molar refractivity (Wildman–Crippen MR) is 74.9 cm³/mol. The molecule has 3 rings (SSSR count).